The van der Waals surface area contributed by atoms with E-state index in [1.54, 1.807) is 4.68 Å². The molecule has 6 nitrogen and oxygen atoms in total. The van der Waals surface area contributed by atoms with E-state index >= 15 is 0 Å². The Bertz CT molecular complexity index is 506. The highest BCUT2D eigenvalue weighted by Crippen LogP contribution is 2.33. The Morgan fingerprint density at radius 2 is 2.15 bits per heavy atom. The molecular weight excluding hydrogens is 275 g/mol. The first kappa shape index (κ1) is 13.3. The number of hydrogen-bond acceptors (Lipinski definition) is 4. The van der Waals surface area contributed by atoms with Gasteiger partial charge in [-0.2, -0.15) is 13.2 Å². The third kappa shape index (κ3) is 2.77. The molecule has 2 aliphatic rings. The largest absolute Gasteiger partial charge is 0.406 e. The second-order valence-electron chi connectivity index (χ2n) is 5.18. The van der Waals surface area contributed by atoms with E-state index in [4.69, 9.17) is 0 Å². The lowest BCUT2D eigenvalue weighted by Gasteiger charge is -2.38. The zero-order valence-electron chi connectivity index (χ0n) is 10.6. The van der Waals surface area contributed by atoms with Gasteiger partial charge in [-0.25, -0.2) is 4.68 Å². The fraction of sp³-hybridized carbons (Fsp3) is 0.727. The predicted octanol–water partition coefficient (Wildman–Crippen LogP) is 0.589. The molecule has 0 spiro atoms. The van der Waals surface area contributed by atoms with Gasteiger partial charge in [-0.05, 0) is 12.8 Å². The normalized spacial score (nSPS) is 19.8. The smallest absolute Gasteiger partial charge is 0.323 e. The van der Waals surface area contributed by atoms with Crippen molar-refractivity contribution >= 4 is 5.91 Å². The molecular formula is C11H14F3N5O. The van der Waals surface area contributed by atoms with Crippen LogP contribution in [-0.4, -0.2) is 57.7 Å². The standard InChI is InChI=1S/C11H14F3N5O/c12-11(13,14)6-18(8-3-15-4-8)10(20)9-5-19(17-16-9)7-1-2-7/h5,7-8,15H,1-4,6H2. The Balaban J connectivity index is 1.75. The lowest BCUT2D eigenvalue weighted by molar-refractivity contribution is -0.146. The summed E-state index contributed by atoms with van der Waals surface area (Å²) >= 11 is 0. The van der Waals surface area contributed by atoms with Gasteiger partial charge in [-0.3, -0.25) is 4.79 Å². The Labute approximate surface area is 112 Å². The van der Waals surface area contributed by atoms with Gasteiger partial charge in [0.1, 0.15) is 6.54 Å². The fourth-order valence-electron chi connectivity index (χ4n) is 2.09. The first-order valence-corrected chi connectivity index (χ1v) is 6.44. The number of nitrogens with one attached hydrogen (secondary N) is 1. The molecule has 1 aliphatic heterocycles. The van der Waals surface area contributed by atoms with Crippen LogP contribution in [0.15, 0.2) is 6.20 Å². The van der Waals surface area contributed by atoms with Gasteiger partial charge in [0.05, 0.1) is 18.3 Å². The molecule has 20 heavy (non-hydrogen) atoms. The van der Waals surface area contributed by atoms with Crippen molar-refractivity contribution in [3.05, 3.63) is 11.9 Å². The molecule has 0 radical (unpaired) electrons. The molecule has 9 heteroatoms. The minimum absolute atomic E-state index is 0.0203. The van der Waals surface area contributed by atoms with Gasteiger partial charge >= 0.3 is 6.18 Å². The van der Waals surface area contributed by atoms with Crippen LogP contribution in [0.2, 0.25) is 0 Å². The molecule has 1 saturated heterocycles. The van der Waals surface area contributed by atoms with Crippen molar-refractivity contribution in [2.24, 2.45) is 0 Å². The van der Waals surface area contributed by atoms with E-state index in [1.165, 1.54) is 6.20 Å². The van der Waals surface area contributed by atoms with Gasteiger partial charge in [0.15, 0.2) is 5.69 Å². The maximum Gasteiger partial charge on any atom is 0.406 e. The van der Waals surface area contributed by atoms with Gasteiger partial charge in [-0.15, -0.1) is 5.10 Å². The third-order valence-corrected chi connectivity index (χ3v) is 3.46. The first-order valence-electron chi connectivity index (χ1n) is 6.44. The lowest BCUT2D eigenvalue weighted by atomic mass is 10.1. The minimum Gasteiger partial charge on any atom is -0.323 e. The van der Waals surface area contributed by atoms with Crippen molar-refractivity contribution < 1.29 is 18.0 Å². The topological polar surface area (TPSA) is 63.1 Å². The highest BCUT2D eigenvalue weighted by Gasteiger charge is 2.39. The number of carbonyl (C=O) groups is 1. The van der Waals surface area contributed by atoms with Crippen molar-refractivity contribution in [3.63, 3.8) is 0 Å². The molecule has 1 N–H and O–H groups in total. The summed E-state index contributed by atoms with van der Waals surface area (Å²) in [5, 5.41) is 10.4. The number of nitrogens with zero attached hydrogens (tertiary/aromatic N) is 4. The summed E-state index contributed by atoms with van der Waals surface area (Å²) < 4.78 is 39.3. The molecule has 1 aliphatic carbocycles. The summed E-state index contributed by atoms with van der Waals surface area (Å²) in [6.45, 7) is -0.508. The molecule has 0 unspecified atom stereocenters. The fourth-order valence-corrected chi connectivity index (χ4v) is 2.09. The monoisotopic (exact) mass is 289 g/mol. The number of aromatic nitrogens is 3. The van der Waals surface area contributed by atoms with Crippen molar-refractivity contribution in [2.45, 2.75) is 31.1 Å². The summed E-state index contributed by atoms with van der Waals surface area (Å²) in [5.74, 6) is -0.708. The molecule has 0 aromatic carbocycles. The SMILES string of the molecule is O=C(c1cn(C2CC2)nn1)N(CC(F)(F)F)C1CNC1. The quantitative estimate of drug-likeness (QED) is 0.881. The Morgan fingerprint density at radius 1 is 1.45 bits per heavy atom. The maximum atomic E-state index is 12.6. The van der Waals surface area contributed by atoms with E-state index < -0.39 is 24.7 Å². The molecule has 2 heterocycles. The molecule has 0 atom stereocenters. The van der Waals surface area contributed by atoms with E-state index in [1.807, 2.05) is 0 Å². The summed E-state index contributed by atoms with van der Waals surface area (Å²) in [7, 11) is 0. The van der Waals surface area contributed by atoms with Crippen LogP contribution in [-0.2, 0) is 0 Å². The van der Waals surface area contributed by atoms with Crippen molar-refractivity contribution in [3.8, 4) is 0 Å². The number of halogens is 3. The highest BCUT2D eigenvalue weighted by molar-refractivity contribution is 5.92. The molecule has 0 bridgehead atoms. The van der Waals surface area contributed by atoms with Crippen LogP contribution in [0.3, 0.4) is 0 Å². The van der Waals surface area contributed by atoms with E-state index in [0.717, 1.165) is 17.7 Å². The molecule has 1 aromatic heterocycles. The van der Waals surface area contributed by atoms with E-state index in [9.17, 15) is 18.0 Å². The highest BCUT2D eigenvalue weighted by atomic mass is 19.4. The number of rotatable bonds is 4. The van der Waals surface area contributed by atoms with Crippen molar-refractivity contribution in [1.29, 1.82) is 0 Å². The number of alkyl halides is 3. The predicted molar refractivity (Wildman–Crippen MR) is 62.0 cm³/mol. The molecule has 110 valence electrons. The van der Waals surface area contributed by atoms with Gasteiger partial charge in [0.25, 0.3) is 5.91 Å². The van der Waals surface area contributed by atoms with Crippen LogP contribution in [0.1, 0.15) is 29.4 Å². The number of carbonyl (C=O) groups excluding carboxylic acids is 1. The van der Waals surface area contributed by atoms with Gasteiger partial charge in [0, 0.05) is 13.1 Å². The molecule has 3 rings (SSSR count). The van der Waals surface area contributed by atoms with Crippen LogP contribution < -0.4 is 5.32 Å². The van der Waals surface area contributed by atoms with Crippen LogP contribution in [0.5, 0.6) is 0 Å². The molecule has 1 saturated carbocycles. The van der Waals surface area contributed by atoms with E-state index in [0.29, 0.717) is 13.1 Å². The lowest BCUT2D eigenvalue weighted by Crippen LogP contribution is -2.60. The Morgan fingerprint density at radius 3 is 2.65 bits per heavy atom. The zero-order chi connectivity index (χ0) is 14.3. The number of hydrogen-bond donors (Lipinski definition) is 1. The van der Waals surface area contributed by atoms with E-state index in [2.05, 4.69) is 15.6 Å². The summed E-state index contributed by atoms with van der Waals surface area (Å²) in [6, 6.07) is -0.194. The van der Waals surface area contributed by atoms with Crippen LogP contribution in [0.4, 0.5) is 13.2 Å². The van der Waals surface area contributed by atoms with Gasteiger partial charge in [0.2, 0.25) is 0 Å². The van der Waals surface area contributed by atoms with Crippen LogP contribution in [0.25, 0.3) is 0 Å². The van der Waals surface area contributed by atoms with Crippen molar-refractivity contribution in [1.82, 2.24) is 25.2 Å². The Hall–Kier alpha value is -1.64. The second-order valence-corrected chi connectivity index (χ2v) is 5.18. The second kappa shape index (κ2) is 4.72. The molecule has 1 amide bonds. The molecule has 2 fully saturated rings. The Kier molecular flexibility index (Phi) is 3.15. The summed E-state index contributed by atoms with van der Waals surface area (Å²) in [6.07, 6.45) is -1.04. The summed E-state index contributed by atoms with van der Waals surface area (Å²) in [4.78, 5) is 13.0. The average molecular weight is 289 g/mol. The van der Waals surface area contributed by atoms with E-state index in [-0.39, 0.29) is 11.7 Å². The number of amides is 1. The summed E-state index contributed by atoms with van der Waals surface area (Å²) in [5.41, 5.74) is -0.0203. The third-order valence-electron chi connectivity index (χ3n) is 3.46. The average Bonchev–Trinajstić information content (AvgIpc) is 3.02. The van der Waals surface area contributed by atoms with Crippen LogP contribution in [0, 0.1) is 0 Å². The maximum absolute atomic E-state index is 12.6. The molecule has 1 aromatic rings. The zero-order valence-corrected chi connectivity index (χ0v) is 10.6. The van der Waals surface area contributed by atoms with Gasteiger partial charge < -0.3 is 10.2 Å². The van der Waals surface area contributed by atoms with Gasteiger partial charge in [-0.1, -0.05) is 5.21 Å². The van der Waals surface area contributed by atoms with Crippen molar-refractivity contribution in [2.75, 3.05) is 19.6 Å². The first-order chi connectivity index (χ1) is 9.44. The minimum atomic E-state index is -4.42. The van der Waals surface area contributed by atoms with Crippen LogP contribution >= 0.6 is 0 Å².